The van der Waals surface area contributed by atoms with E-state index in [0.717, 1.165) is 11.1 Å². The fourth-order valence-electron chi connectivity index (χ4n) is 1.93. The van der Waals surface area contributed by atoms with E-state index in [1.807, 2.05) is 47.2 Å². The molecule has 2 rings (SSSR count). The van der Waals surface area contributed by atoms with Gasteiger partial charge in [0.25, 0.3) is 0 Å². The lowest BCUT2D eigenvalue weighted by Gasteiger charge is -2.43. The van der Waals surface area contributed by atoms with E-state index in [1.165, 1.54) is 0 Å². The highest BCUT2D eigenvalue weighted by molar-refractivity contribution is 7.08. The lowest BCUT2D eigenvalue weighted by molar-refractivity contribution is -0.118. The van der Waals surface area contributed by atoms with Crippen molar-refractivity contribution in [3.8, 4) is 0 Å². The van der Waals surface area contributed by atoms with Crippen molar-refractivity contribution < 1.29 is 9.53 Å². The van der Waals surface area contributed by atoms with Crippen LogP contribution in [0.15, 0.2) is 47.2 Å². The number of hydrogen-bond acceptors (Lipinski definition) is 3. The van der Waals surface area contributed by atoms with E-state index in [1.54, 1.807) is 11.3 Å². The molecule has 1 heterocycles. The van der Waals surface area contributed by atoms with Gasteiger partial charge in [-0.2, -0.15) is 11.3 Å². The molecule has 1 unspecified atom stereocenters. The third-order valence-electron chi connectivity index (χ3n) is 4.29. The second-order valence-electron chi connectivity index (χ2n) is 6.88. The summed E-state index contributed by atoms with van der Waals surface area (Å²) in [6.07, 6.45) is 0. The van der Waals surface area contributed by atoms with Gasteiger partial charge in [-0.1, -0.05) is 51.1 Å². The Kier molecular flexibility index (Phi) is 4.45. The first-order chi connectivity index (χ1) is 9.67. The molecule has 4 heteroatoms. The Labute approximate surface area is 132 Å². The van der Waals surface area contributed by atoms with Crippen molar-refractivity contribution in [3.63, 3.8) is 0 Å². The summed E-state index contributed by atoms with van der Waals surface area (Å²) >= 11 is 1.57. The van der Waals surface area contributed by atoms with E-state index in [-0.39, 0.29) is 5.04 Å². The molecule has 0 aliphatic rings. The number of thiophene rings is 1. The summed E-state index contributed by atoms with van der Waals surface area (Å²) in [5.74, 6) is -1.37. The summed E-state index contributed by atoms with van der Waals surface area (Å²) in [6.45, 7) is 10.9. The van der Waals surface area contributed by atoms with Gasteiger partial charge in [0.2, 0.25) is 5.79 Å². The first kappa shape index (κ1) is 16.4. The Morgan fingerprint density at radius 2 is 1.62 bits per heavy atom. The summed E-state index contributed by atoms with van der Waals surface area (Å²) in [5.41, 5.74) is 1.59. The summed E-state index contributed by atoms with van der Waals surface area (Å²) in [4.78, 5) is 0. The van der Waals surface area contributed by atoms with Crippen molar-refractivity contribution in [3.05, 3.63) is 58.3 Å². The first-order valence-corrected chi connectivity index (χ1v) is 11.0. The van der Waals surface area contributed by atoms with Gasteiger partial charge in [0.05, 0.1) is 0 Å². The molecule has 1 N–H and O–H groups in total. The normalized spacial score (nSPS) is 15.7. The largest absolute Gasteiger partial charge is 0.383 e. The summed E-state index contributed by atoms with van der Waals surface area (Å²) in [6, 6.07) is 11.6. The SMILES string of the molecule is CC(C)(C)[Si](C)(C)OC(O)(c1ccccc1)c1ccsc1. The maximum Gasteiger partial charge on any atom is 0.211 e. The maximum atomic E-state index is 11.4. The van der Waals surface area contributed by atoms with Crippen LogP contribution >= 0.6 is 11.3 Å². The molecule has 2 aromatic rings. The van der Waals surface area contributed by atoms with Gasteiger partial charge in [-0.25, -0.2) is 0 Å². The van der Waals surface area contributed by atoms with Crippen molar-refractivity contribution >= 4 is 19.7 Å². The molecule has 0 fully saturated rings. The van der Waals surface area contributed by atoms with Gasteiger partial charge in [0.15, 0.2) is 8.32 Å². The van der Waals surface area contributed by atoms with Crippen LogP contribution in [0.2, 0.25) is 18.1 Å². The van der Waals surface area contributed by atoms with Gasteiger partial charge in [-0.3, -0.25) is 0 Å². The fraction of sp³-hybridized carbons (Fsp3) is 0.412. The van der Waals surface area contributed by atoms with Crippen LogP contribution in [0, 0.1) is 0 Å². The van der Waals surface area contributed by atoms with Crippen molar-refractivity contribution in [2.75, 3.05) is 0 Å². The second kappa shape index (κ2) is 5.69. The molecule has 1 aromatic heterocycles. The zero-order chi connectivity index (χ0) is 15.7. The molecule has 2 nitrogen and oxygen atoms in total. The molecular weight excluding hydrogens is 296 g/mol. The predicted molar refractivity (Wildman–Crippen MR) is 92.0 cm³/mol. The Morgan fingerprint density at radius 3 is 2.10 bits per heavy atom. The van der Waals surface area contributed by atoms with Crippen LogP contribution < -0.4 is 0 Å². The molecule has 0 aliphatic heterocycles. The summed E-state index contributed by atoms with van der Waals surface area (Å²) in [5, 5.41) is 15.3. The number of rotatable bonds is 4. The lowest BCUT2D eigenvalue weighted by Crippen LogP contribution is -2.48. The van der Waals surface area contributed by atoms with Gasteiger partial charge >= 0.3 is 0 Å². The minimum absolute atomic E-state index is 0.0335. The van der Waals surface area contributed by atoms with E-state index in [0.29, 0.717) is 0 Å². The van der Waals surface area contributed by atoms with Crippen molar-refractivity contribution in [1.29, 1.82) is 0 Å². The highest BCUT2D eigenvalue weighted by Crippen LogP contribution is 2.43. The fourth-order valence-corrected chi connectivity index (χ4v) is 3.90. The van der Waals surface area contributed by atoms with E-state index < -0.39 is 14.1 Å². The first-order valence-electron chi connectivity index (χ1n) is 7.17. The zero-order valence-corrected chi connectivity index (χ0v) is 15.2. The molecule has 114 valence electrons. The third kappa shape index (κ3) is 3.29. The number of benzene rings is 1. The Morgan fingerprint density at radius 1 is 1.00 bits per heavy atom. The molecule has 0 amide bonds. The Hall–Kier alpha value is -0.943. The van der Waals surface area contributed by atoms with E-state index >= 15 is 0 Å². The van der Waals surface area contributed by atoms with Crippen molar-refractivity contribution in [1.82, 2.24) is 0 Å². The average Bonchev–Trinajstić information content (AvgIpc) is 2.92. The average molecular weight is 321 g/mol. The minimum Gasteiger partial charge on any atom is -0.383 e. The van der Waals surface area contributed by atoms with Crippen LogP contribution in [0.1, 0.15) is 31.9 Å². The lowest BCUT2D eigenvalue weighted by atomic mass is 10.0. The van der Waals surface area contributed by atoms with Gasteiger partial charge in [-0.15, -0.1) is 0 Å². The van der Waals surface area contributed by atoms with Crippen LogP contribution in [0.3, 0.4) is 0 Å². The number of aliphatic hydroxyl groups is 1. The van der Waals surface area contributed by atoms with Crippen LogP contribution in [-0.4, -0.2) is 13.4 Å². The Bertz CT molecular complexity index is 573. The van der Waals surface area contributed by atoms with Crippen molar-refractivity contribution in [2.24, 2.45) is 0 Å². The summed E-state index contributed by atoms with van der Waals surface area (Å²) in [7, 11) is -2.12. The van der Waals surface area contributed by atoms with E-state index in [2.05, 4.69) is 33.9 Å². The molecule has 0 saturated carbocycles. The molecule has 1 atom stereocenters. The van der Waals surface area contributed by atoms with Crippen LogP contribution in [0.25, 0.3) is 0 Å². The van der Waals surface area contributed by atoms with Gasteiger partial charge in [0, 0.05) is 11.1 Å². The molecule has 0 bridgehead atoms. The van der Waals surface area contributed by atoms with Gasteiger partial charge < -0.3 is 9.53 Å². The zero-order valence-electron chi connectivity index (χ0n) is 13.4. The monoisotopic (exact) mass is 320 g/mol. The van der Waals surface area contributed by atoms with Gasteiger partial charge in [0.1, 0.15) is 0 Å². The van der Waals surface area contributed by atoms with Gasteiger partial charge in [-0.05, 0) is 35.0 Å². The Balaban J connectivity index is 2.49. The predicted octanol–water partition coefficient (Wildman–Crippen LogP) is 4.96. The van der Waals surface area contributed by atoms with Crippen LogP contribution in [-0.2, 0) is 10.2 Å². The standard InChI is InChI=1S/C17H24O2SSi/c1-16(2,3)21(4,5)19-17(18,15-11-12-20-13-15)14-9-7-6-8-10-14/h6-13,18H,1-5H3. The molecule has 0 radical (unpaired) electrons. The molecule has 21 heavy (non-hydrogen) atoms. The molecular formula is C17H24O2SSi. The number of hydrogen-bond donors (Lipinski definition) is 1. The highest BCUT2D eigenvalue weighted by atomic mass is 32.1. The van der Waals surface area contributed by atoms with Crippen LogP contribution in [0.5, 0.6) is 0 Å². The third-order valence-corrected chi connectivity index (χ3v) is 9.39. The summed E-state index contributed by atoms with van der Waals surface area (Å²) < 4.78 is 6.42. The van der Waals surface area contributed by atoms with Crippen molar-refractivity contribution in [2.45, 2.75) is 44.7 Å². The quantitative estimate of drug-likeness (QED) is 0.637. The smallest absolute Gasteiger partial charge is 0.211 e. The van der Waals surface area contributed by atoms with E-state index in [4.69, 9.17) is 4.43 Å². The molecule has 0 spiro atoms. The maximum absolute atomic E-state index is 11.4. The molecule has 1 aromatic carbocycles. The van der Waals surface area contributed by atoms with Crippen LogP contribution in [0.4, 0.5) is 0 Å². The topological polar surface area (TPSA) is 29.5 Å². The molecule has 0 aliphatic carbocycles. The highest BCUT2D eigenvalue weighted by Gasteiger charge is 2.46. The minimum atomic E-state index is -2.12. The molecule has 0 saturated heterocycles. The van der Waals surface area contributed by atoms with E-state index in [9.17, 15) is 5.11 Å². The second-order valence-corrected chi connectivity index (χ2v) is 12.4.